The van der Waals surface area contributed by atoms with Gasteiger partial charge in [-0.1, -0.05) is 25.7 Å². The van der Waals surface area contributed by atoms with Crippen LogP contribution in [0.2, 0.25) is 0 Å². The summed E-state index contributed by atoms with van der Waals surface area (Å²) in [6, 6.07) is 7.58. The van der Waals surface area contributed by atoms with Crippen LogP contribution in [0, 0.1) is 5.41 Å². The van der Waals surface area contributed by atoms with Gasteiger partial charge in [-0.15, -0.1) is 0 Å². The van der Waals surface area contributed by atoms with E-state index < -0.39 is 0 Å². The summed E-state index contributed by atoms with van der Waals surface area (Å²) in [4.78, 5) is 0. The quantitative estimate of drug-likeness (QED) is 0.706. The van der Waals surface area contributed by atoms with Gasteiger partial charge in [-0.3, -0.25) is 0 Å². The van der Waals surface area contributed by atoms with E-state index in [4.69, 9.17) is 4.74 Å². The van der Waals surface area contributed by atoms with Crippen molar-refractivity contribution >= 4 is 5.69 Å². The fraction of sp³-hybridized carbons (Fsp3) is 0.647. The summed E-state index contributed by atoms with van der Waals surface area (Å²) >= 11 is 0. The molecule has 1 aromatic carbocycles. The van der Waals surface area contributed by atoms with Crippen molar-refractivity contribution in [3.8, 4) is 5.75 Å². The monoisotopic (exact) mass is 293 g/mol. The molecule has 1 atom stereocenters. The van der Waals surface area contributed by atoms with Crippen LogP contribution >= 0.6 is 0 Å². The first-order valence-electron chi connectivity index (χ1n) is 7.86. The summed E-state index contributed by atoms with van der Waals surface area (Å²) in [6.07, 6.45) is 6.64. The van der Waals surface area contributed by atoms with Crippen molar-refractivity contribution < 1.29 is 14.9 Å². The van der Waals surface area contributed by atoms with Gasteiger partial charge in [0.15, 0.2) is 0 Å². The number of methoxy groups -OCH3 is 1. The first-order chi connectivity index (χ1) is 10.2. The smallest absolute Gasteiger partial charge is 0.119 e. The number of anilines is 1. The van der Waals surface area contributed by atoms with Crippen molar-refractivity contribution in [1.82, 2.24) is 0 Å². The molecule has 1 aliphatic carbocycles. The third-order valence-corrected chi connectivity index (χ3v) is 4.77. The minimum Gasteiger partial charge on any atom is -0.497 e. The maximum absolute atomic E-state index is 9.96. The number of aliphatic hydroxyl groups is 2. The fourth-order valence-electron chi connectivity index (χ4n) is 3.33. The van der Waals surface area contributed by atoms with Crippen molar-refractivity contribution in [2.75, 3.05) is 25.6 Å². The molecule has 0 aromatic heterocycles. The summed E-state index contributed by atoms with van der Waals surface area (Å²) < 4.78 is 5.16. The maximum Gasteiger partial charge on any atom is 0.119 e. The first-order valence-corrected chi connectivity index (χ1v) is 7.86. The highest BCUT2D eigenvalue weighted by atomic mass is 16.5. The summed E-state index contributed by atoms with van der Waals surface area (Å²) in [5.74, 6) is 0.812. The van der Waals surface area contributed by atoms with Crippen LogP contribution in [0.5, 0.6) is 5.75 Å². The van der Waals surface area contributed by atoms with Crippen LogP contribution < -0.4 is 10.1 Å². The predicted octanol–water partition coefficient (Wildman–Crippen LogP) is 2.80. The predicted molar refractivity (Wildman–Crippen MR) is 84.7 cm³/mol. The molecule has 1 fully saturated rings. The van der Waals surface area contributed by atoms with Crippen molar-refractivity contribution in [3.63, 3.8) is 0 Å². The summed E-state index contributed by atoms with van der Waals surface area (Å²) in [5.41, 5.74) is 0.734. The van der Waals surface area contributed by atoms with Gasteiger partial charge < -0.3 is 20.3 Å². The molecule has 1 aromatic rings. The van der Waals surface area contributed by atoms with E-state index in [1.807, 2.05) is 24.3 Å². The van der Waals surface area contributed by atoms with Crippen LogP contribution in [0.15, 0.2) is 24.3 Å². The lowest BCUT2D eigenvalue weighted by Crippen LogP contribution is -2.45. The fourth-order valence-corrected chi connectivity index (χ4v) is 3.33. The molecule has 0 spiro atoms. The number of rotatable bonds is 6. The Hall–Kier alpha value is -1.26. The lowest BCUT2D eigenvalue weighted by molar-refractivity contribution is 0.0618. The Kier molecular flexibility index (Phi) is 5.88. The minimum atomic E-state index is -0.217. The second-order valence-electron chi connectivity index (χ2n) is 6.04. The minimum absolute atomic E-state index is 0.0343. The van der Waals surface area contributed by atoms with Crippen LogP contribution in [0.4, 0.5) is 5.69 Å². The van der Waals surface area contributed by atoms with Gasteiger partial charge >= 0.3 is 0 Å². The highest BCUT2D eigenvalue weighted by molar-refractivity contribution is 5.47. The Balaban J connectivity index is 2.12. The van der Waals surface area contributed by atoms with E-state index in [1.165, 1.54) is 12.8 Å². The molecule has 0 unspecified atom stereocenters. The van der Waals surface area contributed by atoms with Gasteiger partial charge in [0.2, 0.25) is 0 Å². The molecule has 21 heavy (non-hydrogen) atoms. The molecule has 0 aliphatic heterocycles. The molecule has 0 bridgehead atoms. The molecule has 0 radical (unpaired) electrons. The average molecular weight is 293 g/mol. The number of benzene rings is 1. The van der Waals surface area contributed by atoms with E-state index in [0.29, 0.717) is 0 Å². The molecule has 0 amide bonds. The van der Waals surface area contributed by atoms with Crippen molar-refractivity contribution in [3.05, 3.63) is 24.3 Å². The lowest BCUT2D eigenvalue weighted by Gasteiger charge is -2.39. The van der Waals surface area contributed by atoms with Gasteiger partial charge in [-0.2, -0.15) is 0 Å². The molecule has 3 N–H and O–H groups in total. The first kappa shape index (κ1) is 16.1. The molecular weight excluding hydrogens is 266 g/mol. The van der Waals surface area contributed by atoms with Gasteiger partial charge in [0.1, 0.15) is 5.75 Å². The lowest BCUT2D eigenvalue weighted by atomic mass is 9.74. The Morgan fingerprint density at radius 3 is 2.19 bits per heavy atom. The molecular formula is C17H27NO3. The molecule has 4 heteroatoms. The highest BCUT2D eigenvalue weighted by Gasteiger charge is 2.38. The van der Waals surface area contributed by atoms with Gasteiger partial charge in [0, 0.05) is 11.1 Å². The van der Waals surface area contributed by atoms with E-state index in [-0.39, 0.29) is 24.7 Å². The highest BCUT2D eigenvalue weighted by Crippen LogP contribution is 2.39. The van der Waals surface area contributed by atoms with E-state index in [1.54, 1.807) is 7.11 Å². The third kappa shape index (κ3) is 3.89. The van der Waals surface area contributed by atoms with Gasteiger partial charge in [0.05, 0.1) is 26.4 Å². The van der Waals surface area contributed by atoms with Crippen LogP contribution in [0.25, 0.3) is 0 Å². The number of hydrogen-bond donors (Lipinski definition) is 3. The SMILES string of the molecule is COc1ccc(N[C@H](CO)C2(CO)CCCCCC2)cc1. The number of hydrogen-bond acceptors (Lipinski definition) is 4. The zero-order valence-corrected chi connectivity index (χ0v) is 12.8. The molecule has 1 aliphatic rings. The zero-order valence-electron chi connectivity index (χ0n) is 12.8. The van der Waals surface area contributed by atoms with Crippen LogP contribution in [-0.2, 0) is 0 Å². The van der Waals surface area contributed by atoms with Crippen molar-refractivity contribution in [2.24, 2.45) is 5.41 Å². The normalized spacial score (nSPS) is 19.6. The van der Waals surface area contributed by atoms with Crippen molar-refractivity contribution in [1.29, 1.82) is 0 Å². The molecule has 0 saturated heterocycles. The van der Waals surface area contributed by atoms with E-state index in [2.05, 4.69) is 5.32 Å². The Morgan fingerprint density at radius 2 is 1.71 bits per heavy atom. The van der Waals surface area contributed by atoms with Crippen LogP contribution in [0.1, 0.15) is 38.5 Å². The average Bonchev–Trinajstić information content (AvgIpc) is 2.79. The van der Waals surface area contributed by atoms with Crippen LogP contribution in [-0.4, -0.2) is 36.6 Å². The van der Waals surface area contributed by atoms with Gasteiger partial charge in [0.25, 0.3) is 0 Å². The maximum atomic E-state index is 9.96. The summed E-state index contributed by atoms with van der Waals surface area (Å²) in [6.45, 7) is 0.161. The number of ether oxygens (including phenoxy) is 1. The largest absolute Gasteiger partial charge is 0.497 e. The molecule has 118 valence electrons. The van der Waals surface area contributed by atoms with Gasteiger partial charge in [-0.05, 0) is 37.1 Å². The summed E-state index contributed by atoms with van der Waals surface area (Å²) in [5, 5.41) is 23.2. The van der Waals surface area contributed by atoms with Gasteiger partial charge in [-0.25, -0.2) is 0 Å². The molecule has 2 rings (SSSR count). The Bertz CT molecular complexity index is 411. The zero-order chi connectivity index (χ0) is 15.1. The summed E-state index contributed by atoms with van der Waals surface area (Å²) in [7, 11) is 1.64. The Morgan fingerprint density at radius 1 is 1.10 bits per heavy atom. The molecule has 1 saturated carbocycles. The van der Waals surface area contributed by atoms with Crippen LogP contribution in [0.3, 0.4) is 0 Å². The standard InChI is InChI=1S/C17H27NO3/c1-21-15-8-6-14(7-9-15)18-16(12-19)17(13-20)10-4-2-3-5-11-17/h6-9,16,18-20H,2-5,10-13H2,1H3/t16-/m1/s1. The Labute approximate surface area is 127 Å². The third-order valence-electron chi connectivity index (χ3n) is 4.77. The van der Waals surface area contributed by atoms with E-state index in [9.17, 15) is 10.2 Å². The number of aliphatic hydroxyl groups excluding tert-OH is 2. The molecule has 4 nitrogen and oxygen atoms in total. The molecule has 0 heterocycles. The topological polar surface area (TPSA) is 61.7 Å². The second kappa shape index (κ2) is 7.66. The van der Waals surface area contributed by atoms with E-state index >= 15 is 0 Å². The second-order valence-corrected chi connectivity index (χ2v) is 6.04. The van der Waals surface area contributed by atoms with E-state index in [0.717, 1.165) is 37.1 Å². The number of nitrogens with one attached hydrogen (secondary N) is 1. The van der Waals surface area contributed by atoms with Crippen molar-refractivity contribution in [2.45, 2.75) is 44.6 Å².